The summed E-state index contributed by atoms with van der Waals surface area (Å²) in [6.07, 6.45) is 3.69. The molecular weight excluding hydrogens is 298 g/mol. The topological polar surface area (TPSA) is 60.1 Å². The summed E-state index contributed by atoms with van der Waals surface area (Å²) in [6, 6.07) is 13.5. The number of H-pyrrole nitrogens is 1. The molecule has 0 saturated heterocycles. The highest BCUT2D eigenvalue weighted by molar-refractivity contribution is 7.71. The van der Waals surface area contributed by atoms with Gasteiger partial charge in [0.1, 0.15) is 12.4 Å². The van der Waals surface area contributed by atoms with Gasteiger partial charge in [0.05, 0.1) is 11.9 Å². The zero-order valence-electron chi connectivity index (χ0n) is 12.0. The molecule has 112 valence electrons. The fourth-order valence-corrected chi connectivity index (χ4v) is 2.12. The van der Waals surface area contributed by atoms with Crippen LogP contribution in [0.25, 0.3) is 0 Å². The molecule has 2 heterocycles. The molecule has 0 radical (unpaired) electrons. The molecule has 0 aliphatic heterocycles. The first-order valence-corrected chi connectivity index (χ1v) is 7.15. The summed E-state index contributed by atoms with van der Waals surface area (Å²) >= 11 is 5.20. The van der Waals surface area contributed by atoms with E-state index in [-0.39, 0.29) is 6.61 Å². The van der Waals surface area contributed by atoms with Gasteiger partial charge in [-0.1, -0.05) is 18.2 Å². The van der Waals surface area contributed by atoms with E-state index in [1.54, 1.807) is 10.9 Å². The van der Waals surface area contributed by atoms with Crippen molar-refractivity contribution >= 4 is 18.4 Å². The number of hydrogen-bond donors (Lipinski definition) is 1. The van der Waals surface area contributed by atoms with E-state index in [0.717, 1.165) is 11.4 Å². The lowest BCUT2D eigenvalue weighted by Crippen LogP contribution is -2.04. The molecule has 22 heavy (non-hydrogen) atoms. The summed E-state index contributed by atoms with van der Waals surface area (Å²) in [5, 5.41) is 11.3. The van der Waals surface area contributed by atoms with E-state index >= 15 is 0 Å². The third-order valence-electron chi connectivity index (χ3n) is 3.12. The molecular formula is C15H15N5OS. The van der Waals surface area contributed by atoms with Crippen LogP contribution in [0.2, 0.25) is 0 Å². The molecule has 2 aromatic heterocycles. The number of nitrogens with one attached hydrogen (secondary N) is 1. The summed E-state index contributed by atoms with van der Waals surface area (Å²) in [6.45, 7) is 0.279. The molecule has 1 N–H and O–H groups in total. The van der Waals surface area contributed by atoms with Crippen molar-refractivity contribution < 1.29 is 4.74 Å². The molecule has 0 atom stereocenters. The zero-order chi connectivity index (χ0) is 15.4. The van der Waals surface area contributed by atoms with Gasteiger partial charge in [0, 0.05) is 13.2 Å². The maximum Gasteiger partial charge on any atom is 0.216 e. The third-order valence-corrected chi connectivity index (χ3v) is 3.38. The van der Waals surface area contributed by atoms with Gasteiger partial charge in [0.15, 0.2) is 5.82 Å². The lowest BCUT2D eigenvalue weighted by atomic mass is 10.3. The molecule has 6 nitrogen and oxygen atoms in total. The van der Waals surface area contributed by atoms with Gasteiger partial charge in [-0.3, -0.25) is 0 Å². The number of aryl methyl sites for hydroxylation is 1. The third kappa shape index (κ3) is 3.15. The van der Waals surface area contributed by atoms with E-state index in [0.29, 0.717) is 10.6 Å². The van der Waals surface area contributed by atoms with Gasteiger partial charge in [-0.2, -0.15) is 14.9 Å². The lowest BCUT2D eigenvalue weighted by molar-refractivity contribution is 0.290. The Morgan fingerprint density at radius 1 is 1.27 bits per heavy atom. The van der Waals surface area contributed by atoms with Crippen molar-refractivity contribution in [2.45, 2.75) is 6.61 Å². The van der Waals surface area contributed by atoms with Crippen LogP contribution >= 0.6 is 12.2 Å². The van der Waals surface area contributed by atoms with E-state index in [9.17, 15) is 0 Å². The van der Waals surface area contributed by atoms with Gasteiger partial charge >= 0.3 is 0 Å². The molecule has 0 amide bonds. The summed E-state index contributed by atoms with van der Waals surface area (Å²) in [4.78, 5) is 0. The van der Waals surface area contributed by atoms with E-state index < -0.39 is 0 Å². The minimum Gasteiger partial charge on any atom is -0.486 e. The van der Waals surface area contributed by atoms with Crippen molar-refractivity contribution in [2.75, 3.05) is 0 Å². The van der Waals surface area contributed by atoms with Gasteiger partial charge in [-0.05, 0) is 36.5 Å². The van der Waals surface area contributed by atoms with E-state index in [4.69, 9.17) is 17.0 Å². The Balaban J connectivity index is 1.78. The fraction of sp³-hybridized carbons (Fsp3) is 0.133. The smallest absolute Gasteiger partial charge is 0.216 e. The monoisotopic (exact) mass is 313 g/mol. The Labute approximate surface area is 132 Å². The number of rotatable bonds is 5. The zero-order valence-corrected chi connectivity index (χ0v) is 12.8. The molecule has 3 aromatic rings. The number of aromatic nitrogens is 4. The van der Waals surface area contributed by atoms with Gasteiger partial charge in [0.25, 0.3) is 0 Å². The van der Waals surface area contributed by atoms with Gasteiger partial charge in [-0.15, -0.1) is 0 Å². The van der Waals surface area contributed by atoms with Gasteiger partial charge in [-0.25, -0.2) is 5.10 Å². The van der Waals surface area contributed by atoms with Crippen LogP contribution in [0.4, 0.5) is 0 Å². The number of hydrogen-bond acceptors (Lipinski definition) is 4. The van der Waals surface area contributed by atoms with Crippen molar-refractivity contribution in [1.29, 1.82) is 0 Å². The average Bonchev–Trinajstić information content (AvgIpc) is 3.10. The number of ether oxygens (including phenoxy) is 1. The number of aromatic amines is 1. The highest BCUT2D eigenvalue weighted by Crippen LogP contribution is 2.11. The Morgan fingerprint density at radius 2 is 2.09 bits per heavy atom. The predicted molar refractivity (Wildman–Crippen MR) is 86.6 cm³/mol. The molecule has 1 aromatic carbocycles. The summed E-state index contributed by atoms with van der Waals surface area (Å²) in [7, 11) is 1.95. The highest BCUT2D eigenvalue weighted by Gasteiger charge is 2.06. The van der Waals surface area contributed by atoms with Crippen LogP contribution < -0.4 is 4.74 Å². The van der Waals surface area contributed by atoms with Crippen LogP contribution in [-0.2, 0) is 13.7 Å². The predicted octanol–water partition coefficient (Wildman–Crippen LogP) is 2.74. The molecule has 7 heteroatoms. The maximum atomic E-state index is 5.68. The maximum absolute atomic E-state index is 5.68. The second-order valence-electron chi connectivity index (χ2n) is 4.65. The molecule has 0 spiro atoms. The number of nitrogens with zero attached hydrogens (tertiary/aromatic N) is 4. The van der Waals surface area contributed by atoms with Crippen molar-refractivity contribution in [1.82, 2.24) is 19.4 Å². The molecule has 0 aliphatic carbocycles. The van der Waals surface area contributed by atoms with Crippen LogP contribution in [0.1, 0.15) is 11.5 Å². The first-order chi connectivity index (χ1) is 10.7. The standard InChI is InChI=1S/C15H15N5OS/c1-19-9-5-6-12(19)10-16-20-14(17-18-15(20)22)11-21-13-7-3-2-4-8-13/h2-10H,11H2,1H3,(H,18,22)/b16-10+. The number of benzene rings is 1. The average molecular weight is 313 g/mol. The van der Waals surface area contributed by atoms with Crippen LogP contribution in [0.3, 0.4) is 0 Å². The van der Waals surface area contributed by atoms with Crippen molar-refractivity contribution in [2.24, 2.45) is 12.1 Å². The molecule has 0 aliphatic rings. The Hall–Kier alpha value is -2.67. The normalized spacial score (nSPS) is 11.1. The van der Waals surface area contributed by atoms with Crippen molar-refractivity contribution in [3.63, 3.8) is 0 Å². The fourth-order valence-electron chi connectivity index (χ4n) is 1.93. The second-order valence-corrected chi connectivity index (χ2v) is 5.03. The Kier molecular flexibility index (Phi) is 4.15. The van der Waals surface area contributed by atoms with Crippen LogP contribution in [0, 0.1) is 4.77 Å². The minimum atomic E-state index is 0.279. The first-order valence-electron chi connectivity index (χ1n) is 6.74. The van der Waals surface area contributed by atoms with Crippen molar-refractivity contribution in [3.05, 3.63) is 65.0 Å². The number of para-hydroxylation sites is 1. The van der Waals surface area contributed by atoms with E-state index in [1.165, 1.54) is 0 Å². The highest BCUT2D eigenvalue weighted by atomic mass is 32.1. The van der Waals surface area contributed by atoms with Crippen LogP contribution in [-0.4, -0.2) is 25.7 Å². The van der Waals surface area contributed by atoms with Crippen molar-refractivity contribution in [3.8, 4) is 5.75 Å². The summed E-state index contributed by atoms with van der Waals surface area (Å²) < 4.78 is 9.63. The minimum absolute atomic E-state index is 0.279. The van der Waals surface area contributed by atoms with E-state index in [2.05, 4.69) is 15.3 Å². The lowest BCUT2D eigenvalue weighted by Gasteiger charge is -2.05. The van der Waals surface area contributed by atoms with Crippen LogP contribution in [0.15, 0.2) is 53.8 Å². The molecule has 0 bridgehead atoms. The summed E-state index contributed by atoms with van der Waals surface area (Å²) in [5.41, 5.74) is 0.970. The molecule has 0 fully saturated rings. The van der Waals surface area contributed by atoms with E-state index in [1.807, 2.05) is 60.3 Å². The molecule has 0 unspecified atom stereocenters. The van der Waals surface area contributed by atoms with Gasteiger partial charge in [0.2, 0.25) is 4.77 Å². The quantitative estimate of drug-likeness (QED) is 0.582. The Bertz CT molecular complexity index is 831. The largest absolute Gasteiger partial charge is 0.486 e. The molecule has 3 rings (SSSR count). The second kappa shape index (κ2) is 6.40. The SMILES string of the molecule is Cn1cccc1/C=N/n1c(COc2ccccc2)n[nH]c1=S. The Morgan fingerprint density at radius 3 is 2.82 bits per heavy atom. The summed E-state index contributed by atoms with van der Waals surface area (Å²) in [5.74, 6) is 1.38. The van der Waals surface area contributed by atoms with Gasteiger partial charge < -0.3 is 9.30 Å². The van der Waals surface area contributed by atoms with Crippen LogP contribution in [0.5, 0.6) is 5.75 Å². The first kappa shape index (κ1) is 14.3. The molecule has 0 saturated carbocycles.